The number of aromatic hydroxyl groups is 1. The normalized spacial score (nSPS) is 10.7. The van der Waals surface area contributed by atoms with Crippen molar-refractivity contribution in [3.8, 4) is 22.8 Å². The lowest BCUT2D eigenvalue weighted by atomic mass is 10.1. The van der Waals surface area contributed by atoms with Gasteiger partial charge in [-0.1, -0.05) is 6.07 Å². The zero-order valence-corrected chi connectivity index (χ0v) is 12.4. The number of carbonyl (C=O) groups is 1. The smallest absolute Gasteiger partial charge is 0.307 e. The molecule has 116 valence electrons. The molecule has 0 saturated carbocycles. The molecule has 0 aliphatic rings. The summed E-state index contributed by atoms with van der Waals surface area (Å²) in [7, 11) is 1.49. The molecule has 0 fully saturated rings. The van der Waals surface area contributed by atoms with Gasteiger partial charge in [0.2, 0.25) is 0 Å². The summed E-state index contributed by atoms with van der Waals surface area (Å²) in [6.45, 7) is 0. The number of aliphatic carboxylic acids is 1. The van der Waals surface area contributed by atoms with Crippen LogP contribution in [0.4, 0.5) is 0 Å². The number of phenolic OH excluding ortho intramolecular Hbond substituents is 1. The van der Waals surface area contributed by atoms with Crippen LogP contribution < -0.4 is 4.74 Å². The highest BCUT2D eigenvalue weighted by atomic mass is 16.5. The summed E-state index contributed by atoms with van der Waals surface area (Å²) >= 11 is 0. The van der Waals surface area contributed by atoms with Gasteiger partial charge < -0.3 is 14.9 Å². The van der Waals surface area contributed by atoms with Crippen LogP contribution in [0.1, 0.15) is 5.56 Å². The van der Waals surface area contributed by atoms with Crippen molar-refractivity contribution < 1.29 is 19.7 Å². The van der Waals surface area contributed by atoms with Gasteiger partial charge in [-0.2, -0.15) is 0 Å². The number of carboxylic acids is 1. The lowest BCUT2D eigenvalue weighted by Crippen LogP contribution is -2.00. The van der Waals surface area contributed by atoms with Gasteiger partial charge in [0.1, 0.15) is 0 Å². The molecule has 2 N–H and O–H groups in total. The quantitative estimate of drug-likeness (QED) is 0.769. The van der Waals surface area contributed by atoms with Gasteiger partial charge in [0, 0.05) is 29.4 Å². The molecule has 0 saturated heterocycles. The largest absolute Gasteiger partial charge is 0.504 e. The van der Waals surface area contributed by atoms with Crippen molar-refractivity contribution in [2.24, 2.45) is 0 Å². The number of aromatic nitrogens is 2. The van der Waals surface area contributed by atoms with Gasteiger partial charge in [-0.3, -0.25) is 14.8 Å². The monoisotopic (exact) mass is 310 g/mol. The second-order valence-corrected chi connectivity index (χ2v) is 5.06. The Bertz CT molecular complexity index is 876. The Morgan fingerprint density at radius 2 is 2.00 bits per heavy atom. The van der Waals surface area contributed by atoms with Crippen LogP contribution in [-0.4, -0.2) is 33.3 Å². The predicted molar refractivity (Wildman–Crippen MR) is 84.5 cm³/mol. The minimum Gasteiger partial charge on any atom is -0.504 e. The third kappa shape index (κ3) is 3.06. The molecule has 0 unspecified atom stereocenters. The Morgan fingerprint density at radius 3 is 2.65 bits per heavy atom. The van der Waals surface area contributed by atoms with E-state index in [1.54, 1.807) is 36.7 Å². The standard InChI is InChI=1S/C17H14N2O4/c1-23-16-6-11-5-12(9-19-14(11)7-15(16)20)13-3-2-10(8-18-13)4-17(21)22/h2-3,5-9,20H,4H2,1H3,(H,21,22). The fraction of sp³-hybridized carbons (Fsp3) is 0.118. The SMILES string of the molecule is COc1cc2cc(-c3ccc(CC(=O)O)cn3)cnc2cc1O. The summed E-state index contributed by atoms with van der Waals surface area (Å²) in [6, 6.07) is 8.64. The van der Waals surface area contributed by atoms with E-state index in [0.717, 1.165) is 10.9 Å². The molecule has 0 aliphatic carbocycles. The average Bonchev–Trinajstić information content (AvgIpc) is 2.54. The Labute approximate surface area is 132 Å². The van der Waals surface area contributed by atoms with Crippen molar-refractivity contribution in [1.82, 2.24) is 9.97 Å². The number of ether oxygens (including phenoxy) is 1. The van der Waals surface area contributed by atoms with E-state index in [1.807, 2.05) is 6.07 Å². The van der Waals surface area contributed by atoms with E-state index < -0.39 is 5.97 Å². The number of rotatable bonds is 4. The lowest BCUT2D eigenvalue weighted by molar-refractivity contribution is -0.136. The topological polar surface area (TPSA) is 92.5 Å². The molecule has 23 heavy (non-hydrogen) atoms. The highest BCUT2D eigenvalue weighted by Gasteiger charge is 2.08. The molecular formula is C17H14N2O4. The molecule has 3 rings (SSSR count). The van der Waals surface area contributed by atoms with Gasteiger partial charge >= 0.3 is 5.97 Å². The average molecular weight is 310 g/mol. The number of pyridine rings is 2. The molecule has 0 amide bonds. The van der Waals surface area contributed by atoms with Crippen LogP contribution >= 0.6 is 0 Å². The van der Waals surface area contributed by atoms with E-state index in [0.29, 0.717) is 22.5 Å². The third-order valence-electron chi connectivity index (χ3n) is 3.46. The van der Waals surface area contributed by atoms with Gasteiger partial charge in [-0.25, -0.2) is 0 Å². The first-order chi connectivity index (χ1) is 11.1. The number of methoxy groups -OCH3 is 1. The second kappa shape index (κ2) is 5.92. The zero-order valence-electron chi connectivity index (χ0n) is 12.4. The summed E-state index contributed by atoms with van der Waals surface area (Å²) in [6.07, 6.45) is 3.15. The maximum absolute atomic E-state index is 10.7. The van der Waals surface area contributed by atoms with Gasteiger partial charge in [-0.15, -0.1) is 0 Å². The maximum Gasteiger partial charge on any atom is 0.307 e. The van der Waals surface area contributed by atoms with Crippen molar-refractivity contribution in [2.75, 3.05) is 7.11 Å². The third-order valence-corrected chi connectivity index (χ3v) is 3.46. The van der Waals surface area contributed by atoms with Crippen LogP contribution in [-0.2, 0) is 11.2 Å². The Balaban J connectivity index is 1.99. The number of nitrogens with zero attached hydrogens (tertiary/aromatic N) is 2. The number of benzene rings is 1. The van der Waals surface area contributed by atoms with Crippen LogP contribution in [0, 0.1) is 0 Å². The van der Waals surface area contributed by atoms with Crippen molar-refractivity contribution >= 4 is 16.9 Å². The van der Waals surface area contributed by atoms with E-state index in [9.17, 15) is 9.90 Å². The molecular weight excluding hydrogens is 296 g/mol. The maximum atomic E-state index is 10.7. The number of hydrogen-bond donors (Lipinski definition) is 2. The fourth-order valence-corrected chi connectivity index (χ4v) is 2.32. The summed E-state index contributed by atoms with van der Waals surface area (Å²) in [5, 5.41) is 19.4. The summed E-state index contributed by atoms with van der Waals surface area (Å²) in [5.41, 5.74) is 2.78. The van der Waals surface area contributed by atoms with Crippen LogP contribution in [0.5, 0.6) is 11.5 Å². The highest BCUT2D eigenvalue weighted by Crippen LogP contribution is 2.31. The number of phenols is 1. The highest BCUT2D eigenvalue weighted by molar-refractivity contribution is 5.86. The van der Waals surface area contributed by atoms with Gasteiger partial charge in [0.05, 0.1) is 24.7 Å². The van der Waals surface area contributed by atoms with Gasteiger partial charge in [0.25, 0.3) is 0 Å². The van der Waals surface area contributed by atoms with Crippen LogP contribution in [0.2, 0.25) is 0 Å². The molecule has 0 atom stereocenters. The summed E-state index contributed by atoms with van der Waals surface area (Å²) in [4.78, 5) is 19.3. The number of hydrogen-bond acceptors (Lipinski definition) is 5. The Morgan fingerprint density at radius 1 is 1.17 bits per heavy atom. The molecule has 0 aliphatic heterocycles. The molecule has 6 heteroatoms. The zero-order chi connectivity index (χ0) is 16.4. The van der Waals surface area contributed by atoms with Crippen molar-refractivity contribution in [2.45, 2.75) is 6.42 Å². The van der Waals surface area contributed by atoms with Gasteiger partial charge in [-0.05, 0) is 23.8 Å². The summed E-state index contributed by atoms with van der Waals surface area (Å²) in [5.74, 6) is -0.476. The molecule has 6 nitrogen and oxygen atoms in total. The predicted octanol–water partition coefficient (Wildman–Crippen LogP) is 2.64. The van der Waals surface area contributed by atoms with Crippen molar-refractivity contribution in [3.05, 3.63) is 48.3 Å². The molecule has 0 bridgehead atoms. The second-order valence-electron chi connectivity index (χ2n) is 5.06. The first kappa shape index (κ1) is 14.8. The van der Waals surface area contributed by atoms with Gasteiger partial charge in [0.15, 0.2) is 11.5 Å². The summed E-state index contributed by atoms with van der Waals surface area (Å²) < 4.78 is 5.10. The van der Waals surface area contributed by atoms with Crippen molar-refractivity contribution in [3.63, 3.8) is 0 Å². The minimum absolute atomic E-state index is 0.0383. The number of fused-ring (bicyclic) bond motifs is 1. The fourth-order valence-electron chi connectivity index (χ4n) is 2.32. The van der Waals surface area contributed by atoms with Crippen molar-refractivity contribution in [1.29, 1.82) is 0 Å². The minimum atomic E-state index is -0.890. The first-order valence-corrected chi connectivity index (χ1v) is 6.90. The Hall–Kier alpha value is -3.15. The first-order valence-electron chi connectivity index (χ1n) is 6.90. The molecule has 2 heterocycles. The van der Waals surface area contributed by atoms with Crippen LogP contribution in [0.3, 0.4) is 0 Å². The Kier molecular flexibility index (Phi) is 3.80. The van der Waals surface area contributed by atoms with E-state index in [2.05, 4.69) is 9.97 Å². The molecule has 3 aromatic rings. The number of carboxylic acid groups (broad SMARTS) is 1. The van der Waals surface area contributed by atoms with E-state index in [1.165, 1.54) is 7.11 Å². The van der Waals surface area contributed by atoms with E-state index in [-0.39, 0.29) is 12.2 Å². The molecule has 0 radical (unpaired) electrons. The molecule has 0 spiro atoms. The molecule has 2 aromatic heterocycles. The molecule has 1 aromatic carbocycles. The lowest BCUT2D eigenvalue weighted by Gasteiger charge is -2.07. The van der Waals surface area contributed by atoms with Crippen LogP contribution in [0.25, 0.3) is 22.2 Å². The van der Waals surface area contributed by atoms with E-state index in [4.69, 9.17) is 9.84 Å². The van der Waals surface area contributed by atoms with E-state index >= 15 is 0 Å². The van der Waals surface area contributed by atoms with Crippen LogP contribution in [0.15, 0.2) is 42.7 Å².